The maximum Gasteiger partial charge on any atom is 0.176 e. The summed E-state index contributed by atoms with van der Waals surface area (Å²) in [5.41, 5.74) is 4.02. The maximum absolute atomic E-state index is 13.9. The third kappa shape index (κ3) is 6.16. The minimum absolute atomic E-state index is 0.00613. The first kappa shape index (κ1) is 27.0. The number of hydrogen-bond acceptors (Lipinski definition) is 5. The van der Waals surface area contributed by atoms with Crippen LogP contribution in [0, 0.1) is 11.6 Å². The molecule has 0 spiro atoms. The molecule has 2 aliphatic heterocycles. The summed E-state index contributed by atoms with van der Waals surface area (Å²) in [5, 5.41) is 4.01. The molecule has 1 atom stereocenters. The van der Waals surface area contributed by atoms with Gasteiger partial charge in [0.2, 0.25) is 0 Å². The summed E-state index contributed by atoms with van der Waals surface area (Å²) in [5.74, 6) is -1.62. The Morgan fingerprint density at radius 1 is 0.921 bits per heavy atom. The van der Waals surface area contributed by atoms with Gasteiger partial charge in [-0.2, -0.15) is 0 Å². The molecule has 1 N–H and O–H groups in total. The Labute approximate surface area is 227 Å². The van der Waals surface area contributed by atoms with Gasteiger partial charge in [0.25, 0.3) is 0 Å². The first-order valence-corrected chi connectivity index (χ1v) is 14.8. The first-order chi connectivity index (χ1) is 18.2. The van der Waals surface area contributed by atoms with Crippen LogP contribution in [-0.4, -0.2) is 63.7 Å². The Morgan fingerprint density at radius 3 is 2.03 bits per heavy atom. The molecular formula is C29H30ClF2N3O2S. The van der Waals surface area contributed by atoms with Crippen LogP contribution in [0.2, 0.25) is 5.02 Å². The van der Waals surface area contributed by atoms with Crippen LogP contribution in [0.1, 0.15) is 28.3 Å². The van der Waals surface area contributed by atoms with Gasteiger partial charge in [0, 0.05) is 63.2 Å². The molecule has 3 aromatic rings. The number of rotatable bonds is 7. The smallest absolute Gasteiger partial charge is 0.176 e. The van der Waals surface area contributed by atoms with Gasteiger partial charge >= 0.3 is 0 Å². The van der Waals surface area contributed by atoms with Crippen molar-refractivity contribution in [2.75, 3.05) is 45.5 Å². The standard InChI is InChI=1S/C29H30ClF2N3O2S/c1-38(36,37)29(23-14-26(31)16-27(32)15-23)24-18-35(19-24)28(22-6-8-25(30)9-7-22)21-4-2-20(3-5-21)17-34-12-10-33-11-13-34/h2-9,14-16,28,33H,10-13,17-19H2,1H3. The van der Waals surface area contributed by atoms with E-state index in [2.05, 4.69) is 39.4 Å². The Kier molecular flexibility index (Phi) is 7.98. The zero-order valence-electron chi connectivity index (χ0n) is 21.1. The highest BCUT2D eigenvalue weighted by Gasteiger charge is 2.35. The Morgan fingerprint density at radius 2 is 1.47 bits per heavy atom. The summed E-state index contributed by atoms with van der Waals surface area (Å²) in [6.45, 7) is 5.66. The third-order valence-electron chi connectivity index (χ3n) is 7.07. The van der Waals surface area contributed by atoms with Crippen molar-refractivity contribution in [2.24, 2.45) is 0 Å². The molecule has 2 fully saturated rings. The van der Waals surface area contributed by atoms with Crippen LogP contribution in [0.3, 0.4) is 0 Å². The van der Waals surface area contributed by atoms with E-state index in [1.807, 2.05) is 24.3 Å². The quantitative estimate of drug-likeness (QED) is 0.448. The van der Waals surface area contributed by atoms with Gasteiger partial charge in [-0.3, -0.25) is 9.80 Å². The third-order valence-corrected chi connectivity index (χ3v) is 8.58. The van der Waals surface area contributed by atoms with Gasteiger partial charge in [-0.25, -0.2) is 17.2 Å². The predicted octanol–water partition coefficient (Wildman–Crippen LogP) is 4.88. The molecule has 0 aliphatic carbocycles. The molecule has 0 radical (unpaired) electrons. The zero-order valence-corrected chi connectivity index (χ0v) is 22.7. The summed E-state index contributed by atoms with van der Waals surface area (Å²) >= 11 is 6.15. The monoisotopic (exact) mass is 557 g/mol. The Hall–Kier alpha value is -2.62. The lowest BCUT2D eigenvalue weighted by Gasteiger charge is -2.42. The predicted molar refractivity (Wildman–Crippen MR) is 148 cm³/mol. The normalized spacial score (nSPS) is 17.7. The molecule has 0 aromatic heterocycles. The summed E-state index contributed by atoms with van der Waals surface area (Å²) in [6, 6.07) is 18.9. The van der Waals surface area contributed by atoms with Crippen molar-refractivity contribution in [1.29, 1.82) is 0 Å². The maximum atomic E-state index is 13.9. The summed E-state index contributed by atoms with van der Waals surface area (Å²) in [4.78, 5) is 4.58. The summed E-state index contributed by atoms with van der Waals surface area (Å²) in [7, 11) is -3.72. The highest BCUT2D eigenvalue weighted by Crippen LogP contribution is 2.38. The molecule has 0 amide bonds. The number of nitrogens with zero attached hydrogens (tertiary/aromatic N) is 2. The van der Waals surface area contributed by atoms with Gasteiger partial charge < -0.3 is 5.32 Å². The van der Waals surface area contributed by atoms with Crippen molar-refractivity contribution in [3.8, 4) is 0 Å². The molecule has 3 aromatic carbocycles. The second-order valence-corrected chi connectivity index (χ2v) is 12.4. The van der Waals surface area contributed by atoms with E-state index in [-0.39, 0.29) is 16.5 Å². The second-order valence-electron chi connectivity index (χ2n) is 9.99. The van der Waals surface area contributed by atoms with Crippen molar-refractivity contribution in [2.45, 2.75) is 12.6 Å². The van der Waals surface area contributed by atoms with E-state index in [0.29, 0.717) is 23.7 Å². The molecule has 0 saturated carbocycles. The minimum atomic E-state index is -3.72. The molecule has 5 nitrogen and oxygen atoms in total. The zero-order chi connectivity index (χ0) is 26.9. The van der Waals surface area contributed by atoms with Crippen molar-refractivity contribution < 1.29 is 17.2 Å². The van der Waals surface area contributed by atoms with E-state index in [0.717, 1.165) is 68.3 Å². The van der Waals surface area contributed by atoms with Crippen LogP contribution < -0.4 is 5.32 Å². The largest absolute Gasteiger partial charge is 0.314 e. The fraction of sp³-hybridized carbons (Fsp3) is 0.310. The Balaban J connectivity index is 1.44. The average molecular weight is 558 g/mol. The van der Waals surface area contributed by atoms with Crippen molar-refractivity contribution in [3.63, 3.8) is 0 Å². The molecule has 9 heteroatoms. The van der Waals surface area contributed by atoms with Crippen LogP contribution in [0.25, 0.3) is 4.91 Å². The summed E-state index contributed by atoms with van der Waals surface area (Å²) in [6.07, 6.45) is 1.08. The van der Waals surface area contributed by atoms with Crippen molar-refractivity contribution in [1.82, 2.24) is 15.1 Å². The minimum Gasteiger partial charge on any atom is -0.314 e. The number of halogens is 3. The average Bonchev–Trinajstić information content (AvgIpc) is 2.84. The van der Waals surface area contributed by atoms with Crippen LogP contribution in [0.15, 0.2) is 72.3 Å². The first-order valence-electron chi connectivity index (χ1n) is 12.6. The molecular weight excluding hydrogens is 528 g/mol. The van der Waals surface area contributed by atoms with Crippen molar-refractivity contribution >= 4 is 26.3 Å². The SMILES string of the molecule is CS(=O)(=O)C(=C1CN(C(c2ccc(Cl)cc2)c2ccc(CN3CCNCC3)cc2)C1)c1cc(F)cc(F)c1. The van der Waals surface area contributed by atoms with Crippen LogP contribution in [-0.2, 0) is 16.4 Å². The van der Waals surface area contributed by atoms with E-state index in [9.17, 15) is 17.2 Å². The van der Waals surface area contributed by atoms with Gasteiger partial charge in [-0.15, -0.1) is 0 Å². The molecule has 2 saturated heterocycles. The molecule has 2 heterocycles. The van der Waals surface area contributed by atoms with Gasteiger partial charge in [0.1, 0.15) is 11.6 Å². The molecule has 1 unspecified atom stereocenters. The van der Waals surface area contributed by atoms with E-state index in [1.54, 1.807) is 0 Å². The van der Waals surface area contributed by atoms with Gasteiger partial charge in [0.15, 0.2) is 9.84 Å². The van der Waals surface area contributed by atoms with Crippen molar-refractivity contribution in [3.05, 3.63) is 111 Å². The molecule has 5 rings (SSSR count). The van der Waals surface area contributed by atoms with Gasteiger partial charge in [-0.05, 0) is 52.1 Å². The number of hydrogen-bond donors (Lipinski definition) is 1. The molecule has 2 aliphatic rings. The Bertz CT molecular complexity index is 1410. The van der Waals surface area contributed by atoms with Crippen LogP contribution in [0.5, 0.6) is 0 Å². The summed E-state index contributed by atoms with van der Waals surface area (Å²) < 4.78 is 53.3. The fourth-order valence-electron chi connectivity index (χ4n) is 5.33. The highest BCUT2D eigenvalue weighted by molar-refractivity contribution is 8.00. The lowest BCUT2D eigenvalue weighted by Crippen LogP contribution is -2.44. The molecule has 38 heavy (non-hydrogen) atoms. The number of benzene rings is 3. The van der Waals surface area contributed by atoms with E-state index in [1.165, 1.54) is 5.56 Å². The fourth-order valence-corrected chi connectivity index (χ4v) is 6.65. The van der Waals surface area contributed by atoms with E-state index >= 15 is 0 Å². The molecule has 0 bridgehead atoms. The number of likely N-dealkylation sites (tertiary alicyclic amines) is 1. The lowest BCUT2D eigenvalue weighted by atomic mass is 9.91. The number of nitrogens with one attached hydrogen (secondary N) is 1. The molecule has 200 valence electrons. The van der Waals surface area contributed by atoms with Crippen LogP contribution >= 0.6 is 11.6 Å². The second kappa shape index (κ2) is 11.2. The van der Waals surface area contributed by atoms with Gasteiger partial charge in [-0.1, -0.05) is 48.0 Å². The number of sulfone groups is 1. The number of piperazine rings is 1. The highest BCUT2D eigenvalue weighted by atomic mass is 35.5. The topological polar surface area (TPSA) is 52.7 Å². The van der Waals surface area contributed by atoms with Gasteiger partial charge in [0.05, 0.1) is 10.9 Å². The van der Waals surface area contributed by atoms with Crippen LogP contribution in [0.4, 0.5) is 8.78 Å². The lowest BCUT2D eigenvalue weighted by molar-refractivity contribution is 0.203. The van der Waals surface area contributed by atoms with E-state index in [4.69, 9.17) is 11.6 Å². The van der Waals surface area contributed by atoms with E-state index < -0.39 is 21.5 Å².